The van der Waals surface area contributed by atoms with Crippen LogP contribution in [0.3, 0.4) is 0 Å². The molecule has 0 aliphatic carbocycles. The van der Waals surface area contributed by atoms with Crippen molar-refractivity contribution < 1.29 is 0 Å². The van der Waals surface area contributed by atoms with Crippen molar-refractivity contribution in [1.82, 2.24) is 10.3 Å². The summed E-state index contributed by atoms with van der Waals surface area (Å²) < 4.78 is 0. The maximum atomic E-state index is 6.14. The number of aromatic nitrogens is 1. The fourth-order valence-electron chi connectivity index (χ4n) is 1.44. The van der Waals surface area contributed by atoms with Crippen molar-refractivity contribution in [3.05, 3.63) is 38.6 Å². The third-order valence-electron chi connectivity index (χ3n) is 2.29. The highest BCUT2D eigenvalue weighted by atomic mass is 35.5. The fourth-order valence-corrected chi connectivity index (χ4v) is 2.71. The summed E-state index contributed by atoms with van der Waals surface area (Å²) >= 11 is 13.6. The molecule has 0 radical (unpaired) electrons. The van der Waals surface area contributed by atoms with E-state index in [-0.39, 0.29) is 0 Å². The Labute approximate surface area is 115 Å². The molecule has 90 valence electrons. The van der Waals surface area contributed by atoms with Gasteiger partial charge in [-0.3, -0.25) is 0 Å². The van der Waals surface area contributed by atoms with Crippen LogP contribution >= 0.6 is 34.5 Å². The Balaban J connectivity index is 2.24. The Bertz CT molecular complexity index is 511. The Kier molecular flexibility index (Phi) is 4.40. The van der Waals surface area contributed by atoms with Crippen LogP contribution in [-0.2, 0) is 6.54 Å². The van der Waals surface area contributed by atoms with Gasteiger partial charge in [0, 0.05) is 22.5 Å². The maximum absolute atomic E-state index is 6.14. The van der Waals surface area contributed by atoms with E-state index >= 15 is 0 Å². The number of halogens is 2. The van der Waals surface area contributed by atoms with Crippen LogP contribution < -0.4 is 5.32 Å². The first-order valence-electron chi connectivity index (χ1n) is 5.31. The average Bonchev–Trinajstić information content (AvgIpc) is 2.75. The predicted octanol–water partition coefficient (Wildman–Crippen LogP) is 4.23. The minimum absolute atomic E-state index is 0.637. The lowest BCUT2D eigenvalue weighted by atomic mass is 10.2. The van der Waals surface area contributed by atoms with E-state index in [4.69, 9.17) is 23.2 Å². The number of hydrogen-bond acceptors (Lipinski definition) is 3. The van der Waals surface area contributed by atoms with Crippen LogP contribution in [0.2, 0.25) is 10.0 Å². The number of hydrogen-bond donors (Lipinski definition) is 1. The molecule has 0 bridgehead atoms. The van der Waals surface area contributed by atoms with Crippen LogP contribution in [0.25, 0.3) is 11.3 Å². The molecular weight excluding hydrogens is 275 g/mol. The quantitative estimate of drug-likeness (QED) is 0.910. The second-order valence-corrected chi connectivity index (χ2v) is 5.32. The molecule has 0 saturated carbocycles. The molecule has 0 unspecified atom stereocenters. The van der Waals surface area contributed by atoms with Crippen LogP contribution in [0.1, 0.15) is 11.9 Å². The lowest BCUT2D eigenvalue weighted by Gasteiger charge is -2.01. The molecule has 2 rings (SSSR count). The highest BCUT2D eigenvalue weighted by molar-refractivity contribution is 7.09. The second-order valence-electron chi connectivity index (χ2n) is 3.53. The number of rotatable bonds is 4. The highest BCUT2D eigenvalue weighted by Crippen LogP contribution is 2.30. The van der Waals surface area contributed by atoms with E-state index in [9.17, 15) is 0 Å². The minimum atomic E-state index is 0.637. The zero-order valence-corrected chi connectivity index (χ0v) is 11.7. The van der Waals surface area contributed by atoms with Gasteiger partial charge in [0.05, 0.1) is 10.7 Å². The van der Waals surface area contributed by atoms with Gasteiger partial charge in [-0.25, -0.2) is 4.98 Å². The Morgan fingerprint density at radius 2 is 2.18 bits per heavy atom. The normalized spacial score (nSPS) is 10.8. The molecule has 0 amide bonds. The first-order valence-corrected chi connectivity index (χ1v) is 6.95. The summed E-state index contributed by atoms with van der Waals surface area (Å²) in [5, 5.41) is 7.60. The molecule has 1 N–H and O–H groups in total. The molecule has 1 aromatic carbocycles. The Hall–Kier alpha value is -0.610. The second kappa shape index (κ2) is 5.83. The zero-order chi connectivity index (χ0) is 12.3. The van der Waals surface area contributed by atoms with Crippen molar-refractivity contribution in [3.8, 4) is 11.3 Å². The molecular formula is C12H12Cl2N2S. The van der Waals surface area contributed by atoms with Crippen LogP contribution in [0.15, 0.2) is 23.6 Å². The van der Waals surface area contributed by atoms with Crippen molar-refractivity contribution in [1.29, 1.82) is 0 Å². The van der Waals surface area contributed by atoms with Gasteiger partial charge in [-0.05, 0) is 24.7 Å². The van der Waals surface area contributed by atoms with Gasteiger partial charge >= 0.3 is 0 Å². The van der Waals surface area contributed by atoms with E-state index < -0.39 is 0 Å². The third-order valence-corrected chi connectivity index (χ3v) is 3.68. The first-order chi connectivity index (χ1) is 8.20. The van der Waals surface area contributed by atoms with Gasteiger partial charge in [0.1, 0.15) is 5.01 Å². The van der Waals surface area contributed by atoms with Crippen molar-refractivity contribution in [2.75, 3.05) is 6.54 Å². The van der Waals surface area contributed by atoms with Crippen molar-refractivity contribution in [2.45, 2.75) is 13.5 Å². The lowest BCUT2D eigenvalue weighted by Crippen LogP contribution is -2.11. The molecule has 0 atom stereocenters. The summed E-state index contributed by atoms with van der Waals surface area (Å²) in [6.45, 7) is 3.81. The summed E-state index contributed by atoms with van der Waals surface area (Å²) in [6, 6.07) is 5.46. The van der Waals surface area contributed by atoms with Crippen molar-refractivity contribution in [3.63, 3.8) is 0 Å². The highest BCUT2D eigenvalue weighted by Gasteiger charge is 2.08. The summed E-state index contributed by atoms with van der Waals surface area (Å²) in [5.41, 5.74) is 1.83. The first kappa shape index (κ1) is 12.8. The summed E-state index contributed by atoms with van der Waals surface area (Å²) in [7, 11) is 0. The van der Waals surface area contributed by atoms with Gasteiger partial charge < -0.3 is 5.32 Å². The van der Waals surface area contributed by atoms with Gasteiger partial charge in [0.15, 0.2) is 0 Å². The topological polar surface area (TPSA) is 24.9 Å². The fraction of sp³-hybridized carbons (Fsp3) is 0.250. The van der Waals surface area contributed by atoms with Gasteiger partial charge in [-0.15, -0.1) is 11.3 Å². The lowest BCUT2D eigenvalue weighted by molar-refractivity contribution is 0.723. The molecule has 17 heavy (non-hydrogen) atoms. The van der Waals surface area contributed by atoms with E-state index in [0.717, 1.165) is 29.4 Å². The number of nitrogens with one attached hydrogen (secondary N) is 1. The number of benzene rings is 1. The third kappa shape index (κ3) is 3.19. The Morgan fingerprint density at radius 1 is 1.35 bits per heavy atom. The van der Waals surface area contributed by atoms with E-state index in [0.29, 0.717) is 10.0 Å². The standard InChI is InChI=1S/C12H12Cl2N2S/c1-2-15-6-12-16-11(7-17-12)9-4-3-8(13)5-10(9)14/h3-5,7,15H,2,6H2,1H3. The average molecular weight is 287 g/mol. The summed E-state index contributed by atoms with van der Waals surface area (Å²) in [6.07, 6.45) is 0. The molecule has 0 spiro atoms. The van der Waals surface area contributed by atoms with Gasteiger partial charge in [-0.2, -0.15) is 0 Å². The monoisotopic (exact) mass is 286 g/mol. The zero-order valence-electron chi connectivity index (χ0n) is 9.34. The summed E-state index contributed by atoms with van der Waals surface area (Å²) in [5.74, 6) is 0. The molecule has 0 saturated heterocycles. The molecule has 0 aliphatic rings. The predicted molar refractivity (Wildman–Crippen MR) is 75.0 cm³/mol. The largest absolute Gasteiger partial charge is 0.311 e. The molecule has 5 heteroatoms. The van der Waals surface area contributed by atoms with Gasteiger partial charge in [0.2, 0.25) is 0 Å². The number of nitrogens with zero attached hydrogens (tertiary/aromatic N) is 1. The van der Waals surface area contributed by atoms with Crippen molar-refractivity contribution >= 4 is 34.5 Å². The SMILES string of the molecule is CCNCc1nc(-c2ccc(Cl)cc2Cl)cs1. The van der Waals surface area contributed by atoms with E-state index in [1.54, 1.807) is 17.4 Å². The molecule has 0 fully saturated rings. The molecule has 2 aromatic rings. The molecule has 1 aromatic heterocycles. The van der Waals surface area contributed by atoms with Crippen LogP contribution in [-0.4, -0.2) is 11.5 Å². The van der Waals surface area contributed by atoms with Gasteiger partial charge in [0.25, 0.3) is 0 Å². The molecule has 1 heterocycles. The number of thiazole rings is 1. The van der Waals surface area contributed by atoms with E-state index in [2.05, 4.69) is 17.2 Å². The molecule has 0 aliphatic heterocycles. The van der Waals surface area contributed by atoms with E-state index in [1.807, 2.05) is 17.5 Å². The van der Waals surface area contributed by atoms with Crippen LogP contribution in [0.4, 0.5) is 0 Å². The van der Waals surface area contributed by atoms with Crippen LogP contribution in [0, 0.1) is 0 Å². The van der Waals surface area contributed by atoms with Crippen molar-refractivity contribution in [2.24, 2.45) is 0 Å². The van der Waals surface area contributed by atoms with Gasteiger partial charge in [-0.1, -0.05) is 30.1 Å². The maximum Gasteiger partial charge on any atom is 0.107 e. The van der Waals surface area contributed by atoms with E-state index in [1.165, 1.54) is 0 Å². The minimum Gasteiger partial charge on any atom is -0.311 e. The summed E-state index contributed by atoms with van der Waals surface area (Å²) in [4.78, 5) is 4.54. The molecule has 2 nitrogen and oxygen atoms in total. The van der Waals surface area contributed by atoms with Crippen LogP contribution in [0.5, 0.6) is 0 Å². The Morgan fingerprint density at radius 3 is 2.88 bits per heavy atom. The smallest absolute Gasteiger partial charge is 0.107 e.